The van der Waals surface area contributed by atoms with E-state index in [2.05, 4.69) is 19.2 Å². The molecule has 4 heteroatoms. The average Bonchev–Trinajstić information content (AvgIpc) is 2.04. The highest BCUT2D eigenvalue weighted by Crippen LogP contribution is 2.13. The van der Waals surface area contributed by atoms with Crippen LogP contribution in [0.1, 0.15) is 20.3 Å². The van der Waals surface area contributed by atoms with Gasteiger partial charge in [-0.1, -0.05) is 0 Å². The van der Waals surface area contributed by atoms with Gasteiger partial charge in [-0.15, -0.1) is 0 Å². The van der Waals surface area contributed by atoms with E-state index in [1.165, 1.54) is 0 Å². The molecule has 0 aliphatic rings. The number of nitrogens with one attached hydrogen (secondary N) is 1. The molecule has 1 atom stereocenters. The molecule has 0 rings (SSSR count). The van der Waals surface area contributed by atoms with Gasteiger partial charge in [-0.3, -0.25) is 0 Å². The zero-order chi connectivity index (χ0) is 9.45. The Kier molecular flexibility index (Phi) is 6.54. The Hall–Kier alpha value is 0.0200. The maximum Gasteiger partial charge on any atom is 0.126 e. The lowest BCUT2D eigenvalue weighted by Gasteiger charge is -2.23. The number of rotatable bonds is 7. The van der Waals surface area contributed by atoms with Crippen LogP contribution in [-0.4, -0.2) is 31.6 Å². The highest BCUT2D eigenvalue weighted by atomic mass is 31.1. The molecule has 1 N–H and O–H groups in total. The van der Waals surface area contributed by atoms with Gasteiger partial charge in [0, 0.05) is 20.5 Å². The summed E-state index contributed by atoms with van der Waals surface area (Å²) in [6, 6.07) is 0. The van der Waals surface area contributed by atoms with E-state index in [9.17, 15) is 4.79 Å². The van der Waals surface area contributed by atoms with E-state index >= 15 is 0 Å². The summed E-state index contributed by atoms with van der Waals surface area (Å²) in [6.45, 7) is 4.97. The quantitative estimate of drug-likeness (QED) is 0.373. The topological polar surface area (TPSA) is 38.3 Å². The smallest absolute Gasteiger partial charge is 0.126 e. The zero-order valence-corrected chi connectivity index (χ0v) is 9.02. The maximum absolute atomic E-state index is 9.94. The molecule has 0 aliphatic heterocycles. The minimum Gasteiger partial charge on any atom is -0.362 e. The van der Waals surface area contributed by atoms with E-state index < -0.39 is 0 Å². The fourth-order valence-electron chi connectivity index (χ4n) is 0.596. The molecule has 1 unspecified atom stereocenters. The fourth-order valence-corrected chi connectivity index (χ4v) is 1.03. The second kappa shape index (κ2) is 6.53. The first-order valence-corrected chi connectivity index (χ1v) is 5.21. The van der Waals surface area contributed by atoms with E-state index in [-0.39, 0.29) is 5.54 Å². The third kappa shape index (κ3) is 6.71. The highest BCUT2D eigenvalue weighted by Gasteiger charge is 2.13. The molecule has 0 bridgehead atoms. The average molecular weight is 191 g/mol. The molecule has 3 nitrogen and oxygen atoms in total. The largest absolute Gasteiger partial charge is 0.362 e. The number of aldehydes is 1. The zero-order valence-electron chi connectivity index (χ0n) is 8.02. The van der Waals surface area contributed by atoms with Crippen LogP contribution in [0.15, 0.2) is 0 Å². The summed E-state index contributed by atoms with van der Waals surface area (Å²) in [5.41, 5.74) is 0.131. The van der Waals surface area contributed by atoms with Crippen molar-refractivity contribution in [3.05, 3.63) is 0 Å². The fraction of sp³-hybridized carbons (Fsp3) is 0.875. The van der Waals surface area contributed by atoms with Crippen molar-refractivity contribution in [2.75, 3.05) is 19.8 Å². The van der Waals surface area contributed by atoms with Crippen LogP contribution >= 0.6 is 8.81 Å². The molecule has 0 saturated carbocycles. The van der Waals surface area contributed by atoms with E-state index in [0.29, 0.717) is 15.0 Å². The Morgan fingerprint density at radius 1 is 1.58 bits per heavy atom. The van der Waals surface area contributed by atoms with Crippen LogP contribution in [0.5, 0.6) is 0 Å². The van der Waals surface area contributed by atoms with Crippen LogP contribution in [0.4, 0.5) is 0 Å². The Morgan fingerprint density at radius 2 is 2.25 bits per heavy atom. The van der Waals surface area contributed by atoms with Crippen LogP contribution in [-0.2, 0) is 9.32 Å². The van der Waals surface area contributed by atoms with Crippen molar-refractivity contribution in [2.45, 2.75) is 25.8 Å². The highest BCUT2D eigenvalue weighted by molar-refractivity contribution is 7.33. The minimum atomic E-state index is 0.131. The molecule has 0 radical (unpaired) electrons. The number of carbonyl (C=O) groups excluding carboxylic acids is 1. The van der Waals surface area contributed by atoms with Gasteiger partial charge in [0.25, 0.3) is 0 Å². The summed E-state index contributed by atoms with van der Waals surface area (Å²) < 4.78 is 5.27. The number of hydrogen-bond donors (Lipinski definition) is 1. The molecule has 0 amide bonds. The van der Waals surface area contributed by atoms with Crippen LogP contribution < -0.4 is 5.32 Å². The van der Waals surface area contributed by atoms with Gasteiger partial charge in [0.2, 0.25) is 0 Å². The second-order valence-corrected chi connectivity index (χ2v) is 4.23. The summed E-state index contributed by atoms with van der Waals surface area (Å²) in [7, 11) is 2.26. The molecule has 72 valence electrons. The van der Waals surface area contributed by atoms with Gasteiger partial charge in [0.15, 0.2) is 0 Å². The van der Waals surface area contributed by atoms with Gasteiger partial charge in [-0.25, -0.2) is 0 Å². The van der Waals surface area contributed by atoms with Crippen molar-refractivity contribution in [3.63, 3.8) is 0 Å². The molecule has 0 fully saturated rings. The standard InChI is InChI=1S/C8H18NO2P/c1-8(2,9-3)4-6-11-12-7-5-10/h5,9,12H,4,6-7H2,1-3H3. The lowest BCUT2D eigenvalue weighted by Crippen LogP contribution is -2.36. The van der Waals surface area contributed by atoms with Crippen molar-refractivity contribution in [3.8, 4) is 0 Å². The molecule has 0 aromatic heterocycles. The normalized spacial score (nSPS) is 12.6. The third-order valence-corrected chi connectivity index (χ3v) is 2.52. The van der Waals surface area contributed by atoms with E-state index in [1.807, 2.05) is 7.05 Å². The predicted molar refractivity (Wildman–Crippen MR) is 53.0 cm³/mol. The minimum absolute atomic E-state index is 0.131. The van der Waals surface area contributed by atoms with Gasteiger partial charge in [0.1, 0.15) is 6.29 Å². The molecule has 0 aliphatic carbocycles. The SMILES string of the molecule is CNC(C)(C)CCOPCC=O. The lowest BCUT2D eigenvalue weighted by molar-refractivity contribution is -0.105. The molecule has 12 heavy (non-hydrogen) atoms. The van der Waals surface area contributed by atoms with E-state index in [1.54, 1.807) is 0 Å². The Morgan fingerprint density at radius 3 is 2.75 bits per heavy atom. The number of carbonyl (C=O) groups is 1. The van der Waals surface area contributed by atoms with Crippen molar-refractivity contribution >= 4 is 15.1 Å². The van der Waals surface area contributed by atoms with Gasteiger partial charge >= 0.3 is 0 Å². The molecular weight excluding hydrogens is 173 g/mol. The van der Waals surface area contributed by atoms with Gasteiger partial charge in [0.05, 0.1) is 6.61 Å². The Bertz CT molecular complexity index is 128. The molecule has 0 aromatic carbocycles. The molecular formula is C8H18NO2P. The molecule has 0 aromatic rings. The van der Waals surface area contributed by atoms with E-state index in [0.717, 1.165) is 19.3 Å². The van der Waals surface area contributed by atoms with Crippen LogP contribution in [0.2, 0.25) is 0 Å². The molecule has 0 heterocycles. The Balaban J connectivity index is 3.24. The van der Waals surface area contributed by atoms with Crippen LogP contribution in [0.25, 0.3) is 0 Å². The summed E-state index contributed by atoms with van der Waals surface area (Å²) in [4.78, 5) is 9.94. The monoisotopic (exact) mass is 191 g/mol. The number of hydrogen-bond acceptors (Lipinski definition) is 3. The lowest BCUT2D eigenvalue weighted by atomic mass is 10.0. The third-order valence-electron chi connectivity index (χ3n) is 1.77. The van der Waals surface area contributed by atoms with Crippen molar-refractivity contribution in [2.24, 2.45) is 0 Å². The van der Waals surface area contributed by atoms with Crippen molar-refractivity contribution in [1.29, 1.82) is 0 Å². The van der Waals surface area contributed by atoms with Gasteiger partial charge in [-0.2, -0.15) is 0 Å². The van der Waals surface area contributed by atoms with Crippen LogP contribution in [0, 0.1) is 0 Å². The van der Waals surface area contributed by atoms with Crippen LogP contribution in [0.3, 0.4) is 0 Å². The van der Waals surface area contributed by atoms with Gasteiger partial charge in [-0.05, 0) is 27.3 Å². The predicted octanol–water partition coefficient (Wildman–Crippen LogP) is 1.18. The van der Waals surface area contributed by atoms with Crippen molar-refractivity contribution < 1.29 is 9.32 Å². The first kappa shape index (κ1) is 12.0. The summed E-state index contributed by atoms with van der Waals surface area (Å²) >= 11 is 0. The summed E-state index contributed by atoms with van der Waals surface area (Å²) in [5.74, 6) is 0. The maximum atomic E-state index is 9.94. The van der Waals surface area contributed by atoms with Gasteiger partial charge < -0.3 is 14.6 Å². The summed E-state index contributed by atoms with van der Waals surface area (Å²) in [6.07, 6.45) is 2.39. The van der Waals surface area contributed by atoms with E-state index in [4.69, 9.17) is 4.52 Å². The molecule has 0 spiro atoms. The first-order valence-electron chi connectivity index (χ1n) is 4.09. The second-order valence-electron chi connectivity index (χ2n) is 3.25. The van der Waals surface area contributed by atoms with Crippen molar-refractivity contribution in [1.82, 2.24) is 5.32 Å². The Labute approximate surface area is 76.1 Å². The molecule has 0 saturated heterocycles. The summed E-state index contributed by atoms with van der Waals surface area (Å²) in [5, 5.41) is 3.19. The first-order chi connectivity index (χ1) is 5.62.